The molecule has 1 aromatic carbocycles. The lowest BCUT2D eigenvalue weighted by molar-refractivity contribution is -0.0648. The van der Waals surface area contributed by atoms with Crippen molar-refractivity contribution in [3.8, 4) is 0 Å². The van der Waals surface area contributed by atoms with E-state index in [1.807, 2.05) is 12.4 Å². The lowest BCUT2D eigenvalue weighted by Crippen LogP contribution is -2.42. The number of rotatable bonds is 4. The van der Waals surface area contributed by atoms with Gasteiger partial charge in [-0.05, 0) is 42.9 Å². The van der Waals surface area contributed by atoms with Crippen LogP contribution in [0.5, 0.6) is 0 Å². The Balaban J connectivity index is 1.51. The van der Waals surface area contributed by atoms with E-state index in [1.54, 1.807) is 12.1 Å². The Kier molecular flexibility index (Phi) is 4.76. The highest BCUT2D eigenvalue weighted by molar-refractivity contribution is 5.26. The average Bonchev–Trinajstić information content (AvgIpc) is 3.07. The Hall–Kier alpha value is -1.85. The highest BCUT2D eigenvalue weighted by Crippen LogP contribution is 2.48. The third-order valence-corrected chi connectivity index (χ3v) is 6.09. The lowest BCUT2D eigenvalue weighted by atomic mass is 9.67. The summed E-state index contributed by atoms with van der Waals surface area (Å²) in [5.41, 5.74) is 1.12. The molecule has 1 aliphatic carbocycles. The molecule has 4 rings (SSSR count). The monoisotopic (exact) mass is 355 g/mol. The molecule has 1 N–H and O–H groups in total. The number of benzene rings is 1. The molecule has 1 saturated carbocycles. The van der Waals surface area contributed by atoms with Gasteiger partial charge in [0.2, 0.25) is 0 Å². The van der Waals surface area contributed by atoms with E-state index in [2.05, 4.69) is 21.8 Å². The number of hydrogen-bond donors (Lipinski definition) is 1. The minimum Gasteiger partial charge on any atom is -0.385 e. The molecular formula is C21H26FN3O. The molecule has 138 valence electrons. The van der Waals surface area contributed by atoms with Gasteiger partial charge in [0.15, 0.2) is 0 Å². The molecular weight excluding hydrogens is 329 g/mol. The van der Waals surface area contributed by atoms with Gasteiger partial charge in [0.25, 0.3) is 0 Å². The van der Waals surface area contributed by atoms with Crippen molar-refractivity contribution in [2.75, 3.05) is 13.1 Å². The zero-order valence-corrected chi connectivity index (χ0v) is 15.2. The smallest absolute Gasteiger partial charge is 0.127 e. The topological polar surface area (TPSA) is 49.2 Å². The first-order chi connectivity index (χ1) is 12.6. The summed E-state index contributed by atoms with van der Waals surface area (Å²) in [5, 5.41) is 11.5. The zero-order valence-electron chi connectivity index (χ0n) is 15.2. The van der Waals surface area contributed by atoms with Crippen molar-refractivity contribution >= 4 is 0 Å². The van der Waals surface area contributed by atoms with Crippen LogP contribution in [-0.4, -0.2) is 33.1 Å². The van der Waals surface area contributed by atoms with Crippen LogP contribution < -0.4 is 0 Å². The fourth-order valence-electron chi connectivity index (χ4n) is 4.74. The van der Waals surface area contributed by atoms with E-state index in [4.69, 9.17) is 0 Å². The van der Waals surface area contributed by atoms with Gasteiger partial charge in [-0.15, -0.1) is 0 Å². The van der Waals surface area contributed by atoms with Gasteiger partial charge in [0, 0.05) is 49.9 Å². The Bertz CT molecular complexity index is 749. The van der Waals surface area contributed by atoms with Crippen LogP contribution in [0, 0.1) is 17.7 Å². The normalized spacial score (nSPS) is 28.9. The number of likely N-dealkylation sites (tertiary alicyclic amines) is 1. The number of hydrogen-bond acceptors (Lipinski definition) is 4. The molecule has 2 aromatic rings. The summed E-state index contributed by atoms with van der Waals surface area (Å²) < 4.78 is 13.3. The van der Waals surface area contributed by atoms with Crippen LogP contribution >= 0.6 is 0 Å². The summed E-state index contributed by atoms with van der Waals surface area (Å²) in [6.45, 7) is 4.71. The number of halogens is 1. The van der Waals surface area contributed by atoms with E-state index in [0.717, 1.165) is 62.3 Å². The summed E-state index contributed by atoms with van der Waals surface area (Å²) in [4.78, 5) is 11.2. The van der Waals surface area contributed by atoms with Gasteiger partial charge in [-0.2, -0.15) is 0 Å². The molecule has 1 aromatic heterocycles. The first kappa shape index (κ1) is 17.6. The minimum absolute atomic E-state index is 0.192. The second kappa shape index (κ2) is 7.05. The molecule has 26 heavy (non-hydrogen) atoms. The van der Waals surface area contributed by atoms with Crippen molar-refractivity contribution < 1.29 is 9.50 Å². The Morgan fingerprint density at radius 3 is 2.62 bits per heavy atom. The second-order valence-corrected chi connectivity index (χ2v) is 7.75. The lowest BCUT2D eigenvalue weighted by Gasteiger charge is -2.41. The van der Waals surface area contributed by atoms with E-state index in [9.17, 15) is 9.50 Å². The van der Waals surface area contributed by atoms with Crippen LogP contribution in [0.4, 0.5) is 4.39 Å². The largest absolute Gasteiger partial charge is 0.385 e. The highest BCUT2D eigenvalue weighted by Gasteiger charge is 2.49. The number of aliphatic hydroxyl groups is 1. The van der Waals surface area contributed by atoms with Gasteiger partial charge in [-0.1, -0.05) is 19.1 Å². The summed E-state index contributed by atoms with van der Waals surface area (Å²) in [6, 6.07) is 6.40. The predicted octanol–water partition coefficient (Wildman–Crippen LogP) is 3.30. The van der Waals surface area contributed by atoms with Gasteiger partial charge >= 0.3 is 0 Å². The van der Waals surface area contributed by atoms with Crippen molar-refractivity contribution in [1.29, 1.82) is 0 Å². The SMILES string of the molecule is CCc1ncc(CN2CC3CCCC(O)(c4ccc(F)cc4)C3C2)cn1. The quantitative estimate of drug-likeness (QED) is 0.914. The fourth-order valence-corrected chi connectivity index (χ4v) is 4.74. The van der Waals surface area contributed by atoms with Crippen LogP contribution in [0.2, 0.25) is 0 Å². The molecule has 3 unspecified atom stereocenters. The molecule has 1 saturated heterocycles. The summed E-state index contributed by atoms with van der Waals surface area (Å²) in [7, 11) is 0. The van der Waals surface area contributed by atoms with Crippen molar-refractivity contribution in [1.82, 2.24) is 14.9 Å². The van der Waals surface area contributed by atoms with Crippen LogP contribution in [0.15, 0.2) is 36.7 Å². The third-order valence-electron chi connectivity index (χ3n) is 6.09. The number of aryl methyl sites for hydroxylation is 1. The van der Waals surface area contributed by atoms with E-state index in [-0.39, 0.29) is 11.7 Å². The molecule has 2 heterocycles. The first-order valence-corrected chi connectivity index (χ1v) is 9.59. The standard InChI is InChI=1S/C21H26FN3O/c1-2-20-23-10-15(11-24-20)12-25-13-16-4-3-9-21(26,19(16)14-25)17-5-7-18(22)8-6-17/h5-8,10-11,16,19,26H,2-4,9,12-14H2,1H3. The highest BCUT2D eigenvalue weighted by atomic mass is 19.1. The van der Waals surface area contributed by atoms with E-state index in [1.165, 1.54) is 12.1 Å². The maximum atomic E-state index is 13.3. The van der Waals surface area contributed by atoms with Gasteiger partial charge in [-0.3, -0.25) is 4.90 Å². The van der Waals surface area contributed by atoms with E-state index >= 15 is 0 Å². The van der Waals surface area contributed by atoms with E-state index < -0.39 is 5.60 Å². The van der Waals surface area contributed by atoms with Crippen LogP contribution in [-0.2, 0) is 18.6 Å². The summed E-state index contributed by atoms with van der Waals surface area (Å²) in [5.74, 6) is 1.29. The van der Waals surface area contributed by atoms with Gasteiger partial charge in [0.05, 0.1) is 5.60 Å². The molecule has 5 heteroatoms. The summed E-state index contributed by atoms with van der Waals surface area (Å²) in [6.07, 6.45) is 7.59. The Morgan fingerprint density at radius 1 is 1.19 bits per heavy atom. The van der Waals surface area contributed by atoms with Crippen molar-refractivity contribution in [2.24, 2.45) is 11.8 Å². The van der Waals surface area contributed by atoms with Gasteiger partial charge in [0.1, 0.15) is 11.6 Å². The summed E-state index contributed by atoms with van der Waals surface area (Å²) >= 11 is 0. The van der Waals surface area contributed by atoms with Crippen LogP contribution in [0.3, 0.4) is 0 Å². The van der Waals surface area contributed by atoms with Crippen molar-refractivity contribution in [3.63, 3.8) is 0 Å². The minimum atomic E-state index is -0.853. The predicted molar refractivity (Wildman–Crippen MR) is 97.8 cm³/mol. The maximum absolute atomic E-state index is 13.3. The van der Waals surface area contributed by atoms with Crippen molar-refractivity contribution in [3.05, 3.63) is 59.4 Å². The molecule has 3 atom stereocenters. The molecule has 4 nitrogen and oxygen atoms in total. The van der Waals surface area contributed by atoms with Crippen molar-refractivity contribution in [2.45, 2.75) is 44.8 Å². The van der Waals surface area contributed by atoms with Crippen LogP contribution in [0.25, 0.3) is 0 Å². The number of aromatic nitrogens is 2. The van der Waals surface area contributed by atoms with Gasteiger partial charge < -0.3 is 5.11 Å². The fraction of sp³-hybridized carbons (Fsp3) is 0.524. The molecule has 0 spiro atoms. The zero-order chi connectivity index (χ0) is 18.1. The second-order valence-electron chi connectivity index (χ2n) is 7.75. The molecule has 0 bridgehead atoms. The molecule has 0 amide bonds. The molecule has 0 radical (unpaired) electrons. The molecule has 1 aliphatic heterocycles. The number of nitrogens with zero attached hydrogens (tertiary/aromatic N) is 3. The third kappa shape index (κ3) is 3.26. The average molecular weight is 355 g/mol. The Labute approximate surface area is 154 Å². The maximum Gasteiger partial charge on any atom is 0.127 e. The van der Waals surface area contributed by atoms with Crippen LogP contribution in [0.1, 0.15) is 43.1 Å². The first-order valence-electron chi connectivity index (χ1n) is 9.59. The molecule has 2 fully saturated rings. The van der Waals surface area contributed by atoms with Gasteiger partial charge in [-0.25, -0.2) is 14.4 Å². The number of fused-ring (bicyclic) bond motifs is 1. The van der Waals surface area contributed by atoms with E-state index in [0.29, 0.717) is 5.92 Å². The molecule has 2 aliphatic rings. The Morgan fingerprint density at radius 2 is 1.92 bits per heavy atom.